The molecular weight excluding hydrogens is 352 g/mol. The smallest absolute Gasteiger partial charge is 0.335 e. The van der Waals surface area contributed by atoms with Gasteiger partial charge in [-0.2, -0.15) is 4.39 Å². The van der Waals surface area contributed by atoms with Gasteiger partial charge in [0, 0.05) is 4.47 Å². The Morgan fingerprint density at radius 2 is 2.00 bits per heavy atom. The summed E-state index contributed by atoms with van der Waals surface area (Å²) in [7, 11) is 0. The van der Waals surface area contributed by atoms with E-state index in [2.05, 4.69) is 21.4 Å². The summed E-state index contributed by atoms with van der Waals surface area (Å²) in [5.74, 6) is 2.02. The zero-order chi connectivity index (χ0) is 15.6. The molecule has 2 aromatic rings. The van der Waals surface area contributed by atoms with Gasteiger partial charge in [-0.15, -0.1) is 0 Å². The zero-order valence-electron chi connectivity index (χ0n) is 10.3. The van der Waals surface area contributed by atoms with Gasteiger partial charge < -0.3 is 10.2 Å². The van der Waals surface area contributed by atoms with Crippen LogP contribution in [0.1, 0.15) is 0 Å². The fraction of sp³-hybridized carbons (Fsp3) is 0. The van der Waals surface area contributed by atoms with E-state index in [9.17, 15) is 18.9 Å². The Kier molecular flexibility index (Phi) is 4.34. The second-order valence-electron chi connectivity index (χ2n) is 3.86. The highest BCUT2D eigenvalue weighted by Gasteiger charge is 2.23. The molecule has 0 spiro atoms. The van der Waals surface area contributed by atoms with E-state index in [0.29, 0.717) is 0 Å². The van der Waals surface area contributed by atoms with Crippen molar-refractivity contribution in [3.63, 3.8) is 0 Å². The van der Waals surface area contributed by atoms with Gasteiger partial charge in [-0.05, 0) is 24.3 Å². The van der Waals surface area contributed by atoms with Crippen molar-refractivity contribution in [2.24, 2.45) is 5.84 Å². The van der Waals surface area contributed by atoms with E-state index in [-0.39, 0.29) is 15.9 Å². The number of para-hydroxylation sites is 1. The molecule has 0 aliphatic carbocycles. The predicted molar refractivity (Wildman–Crippen MR) is 75.0 cm³/mol. The van der Waals surface area contributed by atoms with E-state index in [0.717, 1.165) is 12.1 Å². The number of halogens is 3. The Morgan fingerprint density at radius 1 is 1.29 bits per heavy atom. The van der Waals surface area contributed by atoms with Crippen LogP contribution >= 0.6 is 15.9 Å². The van der Waals surface area contributed by atoms with Crippen LogP contribution in [0.5, 0.6) is 11.5 Å². The Labute approximate surface area is 125 Å². The topological polar surface area (TPSA) is 90.4 Å². The molecule has 0 bridgehead atoms. The van der Waals surface area contributed by atoms with E-state index in [1.807, 2.05) is 0 Å². The summed E-state index contributed by atoms with van der Waals surface area (Å²) in [6.07, 6.45) is 0. The normalized spacial score (nSPS) is 10.3. The van der Waals surface area contributed by atoms with E-state index < -0.39 is 28.0 Å². The largest absolute Gasteiger partial charge is 0.447 e. The third kappa shape index (κ3) is 3.09. The molecule has 2 rings (SSSR count). The van der Waals surface area contributed by atoms with Crippen LogP contribution < -0.4 is 16.0 Å². The number of nitro groups is 1. The number of hydrazine groups is 1. The summed E-state index contributed by atoms with van der Waals surface area (Å²) in [6.45, 7) is 0. The molecule has 0 radical (unpaired) electrons. The lowest BCUT2D eigenvalue weighted by atomic mass is 10.2. The number of nitro benzene ring substituents is 1. The summed E-state index contributed by atoms with van der Waals surface area (Å²) in [5, 5.41) is 11.1. The second-order valence-corrected chi connectivity index (χ2v) is 4.77. The molecular formula is C12H8BrF2N3O3. The zero-order valence-corrected chi connectivity index (χ0v) is 11.9. The molecule has 3 N–H and O–H groups in total. The molecule has 6 nitrogen and oxygen atoms in total. The van der Waals surface area contributed by atoms with Crippen LogP contribution in [0, 0.1) is 21.7 Å². The maximum absolute atomic E-state index is 13.7. The third-order valence-corrected chi connectivity index (χ3v) is 2.97. The first-order valence-electron chi connectivity index (χ1n) is 5.50. The summed E-state index contributed by atoms with van der Waals surface area (Å²) in [5.41, 5.74) is 1.64. The maximum Gasteiger partial charge on any atom is 0.335 e. The van der Waals surface area contributed by atoms with Crippen LogP contribution in [0.2, 0.25) is 0 Å². The molecule has 0 aliphatic rings. The van der Waals surface area contributed by atoms with Crippen molar-refractivity contribution in [1.82, 2.24) is 0 Å². The minimum Gasteiger partial charge on any atom is -0.447 e. The number of nitrogen functional groups attached to an aromatic ring is 1. The maximum atomic E-state index is 13.7. The van der Waals surface area contributed by atoms with Crippen LogP contribution in [-0.4, -0.2) is 4.92 Å². The molecule has 0 unspecified atom stereocenters. The van der Waals surface area contributed by atoms with Crippen molar-refractivity contribution in [1.29, 1.82) is 0 Å². The number of anilines is 1. The average Bonchev–Trinajstić information content (AvgIpc) is 2.43. The average molecular weight is 360 g/mol. The minimum atomic E-state index is -1.25. The molecule has 0 saturated heterocycles. The lowest BCUT2D eigenvalue weighted by Gasteiger charge is -2.10. The summed E-state index contributed by atoms with van der Waals surface area (Å²) >= 11 is 2.98. The predicted octanol–water partition coefficient (Wildman–Crippen LogP) is 3.71. The second kappa shape index (κ2) is 6.02. The first-order valence-corrected chi connectivity index (χ1v) is 6.29. The van der Waals surface area contributed by atoms with E-state index >= 15 is 0 Å². The molecule has 0 aliphatic heterocycles. The van der Waals surface area contributed by atoms with Gasteiger partial charge in [-0.1, -0.05) is 22.0 Å². The summed E-state index contributed by atoms with van der Waals surface area (Å²) in [4.78, 5) is 10.3. The van der Waals surface area contributed by atoms with Crippen molar-refractivity contribution in [2.45, 2.75) is 0 Å². The Morgan fingerprint density at radius 3 is 2.62 bits per heavy atom. The summed E-state index contributed by atoms with van der Waals surface area (Å²) in [6, 6.07) is 6.09. The van der Waals surface area contributed by atoms with E-state index in [4.69, 9.17) is 10.6 Å². The van der Waals surface area contributed by atoms with Gasteiger partial charge >= 0.3 is 5.69 Å². The van der Waals surface area contributed by atoms with Gasteiger partial charge in [0.15, 0.2) is 11.6 Å². The number of ether oxygens (including phenoxy) is 1. The standard InChI is InChI=1S/C12H8BrF2N3O3/c13-6-4-7(14)11(15)10(5-6)21-9-3-1-2-8(17-16)12(9)18(19)20/h1-5,17H,16H2. The van der Waals surface area contributed by atoms with Crippen LogP contribution in [0.4, 0.5) is 20.2 Å². The Balaban J connectivity index is 2.52. The van der Waals surface area contributed by atoms with Crippen LogP contribution in [0.25, 0.3) is 0 Å². The SMILES string of the molecule is NNc1cccc(Oc2cc(Br)cc(F)c2F)c1[N+](=O)[O-]. The fourth-order valence-corrected chi connectivity index (χ4v) is 2.04. The molecule has 0 amide bonds. The lowest BCUT2D eigenvalue weighted by Crippen LogP contribution is -2.09. The van der Waals surface area contributed by atoms with Crippen LogP contribution in [-0.2, 0) is 0 Å². The molecule has 0 aromatic heterocycles. The van der Waals surface area contributed by atoms with E-state index in [1.54, 1.807) is 0 Å². The van der Waals surface area contributed by atoms with Crippen molar-refractivity contribution >= 4 is 27.3 Å². The third-order valence-electron chi connectivity index (χ3n) is 2.52. The molecule has 110 valence electrons. The van der Waals surface area contributed by atoms with Crippen molar-refractivity contribution in [3.05, 3.63) is 56.6 Å². The fourth-order valence-electron chi connectivity index (χ4n) is 1.63. The van der Waals surface area contributed by atoms with Gasteiger partial charge in [-0.3, -0.25) is 16.0 Å². The number of benzene rings is 2. The number of hydrogen-bond acceptors (Lipinski definition) is 5. The van der Waals surface area contributed by atoms with Gasteiger partial charge in [0.2, 0.25) is 11.6 Å². The van der Waals surface area contributed by atoms with E-state index in [1.165, 1.54) is 18.2 Å². The van der Waals surface area contributed by atoms with Gasteiger partial charge in [-0.25, -0.2) is 4.39 Å². The molecule has 2 aromatic carbocycles. The van der Waals surface area contributed by atoms with Crippen LogP contribution in [0.3, 0.4) is 0 Å². The quantitative estimate of drug-likeness (QED) is 0.375. The van der Waals surface area contributed by atoms with Gasteiger partial charge in [0.1, 0.15) is 5.69 Å². The molecule has 9 heteroatoms. The van der Waals surface area contributed by atoms with Gasteiger partial charge in [0.05, 0.1) is 4.92 Å². The molecule has 0 heterocycles. The molecule has 21 heavy (non-hydrogen) atoms. The highest BCUT2D eigenvalue weighted by atomic mass is 79.9. The van der Waals surface area contributed by atoms with Crippen molar-refractivity contribution in [3.8, 4) is 11.5 Å². The first kappa shape index (κ1) is 15.1. The monoisotopic (exact) mass is 359 g/mol. The number of rotatable bonds is 4. The lowest BCUT2D eigenvalue weighted by molar-refractivity contribution is -0.384. The number of nitrogens with one attached hydrogen (secondary N) is 1. The summed E-state index contributed by atoms with van der Waals surface area (Å²) < 4.78 is 32.3. The van der Waals surface area contributed by atoms with Crippen LogP contribution in [0.15, 0.2) is 34.8 Å². The van der Waals surface area contributed by atoms with Gasteiger partial charge in [0.25, 0.3) is 0 Å². The van der Waals surface area contributed by atoms with Crippen molar-refractivity contribution < 1.29 is 18.4 Å². The molecule has 0 atom stereocenters. The first-order chi connectivity index (χ1) is 9.93. The molecule has 0 fully saturated rings. The number of hydrogen-bond donors (Lipinski definition) is 2. The Bertz CT molecular complexity index is 712. The molecule has 0 saturated carbocycles. The Hall–Kier alpha value is -2.26. The number of nitrogens with two attached hydrogens (primary N) is 1. The minimum absolute atomic E-state index is 0.0200. The number of nitrogens with zero attached hydrogens (tertiary/aromatic N) is 1. The highest BCUT2D eigenvalue weighted by Crippen LogP contribution is 2.38. The van der Waals surface area contributed by atoms with Crippen molar-refractivity contribution in [2.75, 3.05) is 5.43 Å². The highest BCUT2D eigenvalue weighted by molar-refractivity contribution is 9.10.